The first-order valence-corrected chi connectivity index (χ1v) is 12.4. The maximum atomic E-state index is 13.0. The monoisotopic (exact) mass is 471 g/mol. The second kappa shape index (κ2) is 9.77. The molecule has 35 heavy (non-hydrogen) atoms. The van der Waals surface area contributed by atoms with E-state index in [2.05, 4.69) is 83.3 Å². The standard InChI is InChI=1S/C31H37NO3/c1-19-11-15-24(16-12-19)28-27-22(4)29(20(2)21(3)30(27)35-31(28,5)6)32-26(33)10-8-9-23-13-17-25(34-7)18-14-23/h11-18,28H,8-10H2,1-7H3,(H,32,33). The molecule has 0 fully saturated rings. The van der Waals surface area contributed by atoms with Crippen LogP contribution in [-0.2, 0) is 11.2 Å². The first-order chi connectivity index (χ1) is 16.6. The van der Waals surface area contributed by atoms with Crippen molar-refractivity contribution in [1.29, 1.82) is 0 Å². The molecule has 1 amide bonds. The summed E-state index contributed by atoms with van der Waals surface area (Å²) in [5, 5.41) is 3.25. The molecule has 1 aliphatic heterocycles. The van der Waals surface area contributed by atoms with E-state index in [4.69, 9.17) is 9.47 Å². The van der Waals surface area contributed by atoms with Crippen molar-refractivity contribution in [2.45, 2.75) is 72.3 Å². The zero-order valence-electron chi connectivity index (χ0n) is 22.0. The molecule has 0 radical (unpaired) electrons. The number of aryl methyl sites for hydroxylation is 2. The summed E-state index contributed by atoms with van der Waals surface area (Å²) in [5.41, 5.74) is 8.70. The van der Waals surface area contributed by atoms with Crippen LogP contribution < -0.4 is 14.8 Å². The van der Waals surface area contributed by atoms with Crippen LogP contribution in [0, 0.1) is 27.7 Å². The van der Waals surface area contributed by atoms with Crippen molar-refractivity contribution in [3.8, 4) is 11.5 Å². The van der Waals surface area contributed by atoms with Gasteiger partial charge in [0.05, 0.1) is 13.0 Å². The summed E-state index contributed by atoms with van der Waals surface area (Å²) < 4.78 is 11.8. The van der Waals surface area contributed by atoms with E-state index in [-0.39, 0.29) is 17.4 Å². The Labute approximate surface area is 209 Å². The number of benzene rings is 3. The van der Waals surface area contributed by atoms with Gasteiger partial charge in [-0.15, -0.1) is 0 Å². The first-order valence-electron chi connectivity index (χ1n) is 12.4. The number of ether oxygens (including phenoxy) is 2. The van der Waals surface area contributed by atoms with Crippen molar-refractivity contribution in [3.63, 3.8) is 0 Å². The fourth-order valence-corrected chi connectivity index (χ4v) is 5.26. The molecule has 1 unspecified atom stereocenters. The molecule has 0 aromatic heterocycles. The number of carbonyl (C=O) groups excluding carboxylic acids is 1. The molecule has 4 rings (SSSR count). The Balaban J connectivity index is 1.56. The maximum Gasteiger partial charge on any atom is 0.224 e. The van der Waals surface area contributed by atoms with Crippen molar-refractivity contribution < 1.29 is 14.3 Å². The maximum absolute atomic E-state index is 13.0. The van der Waals surface area contributed by atoms with Gasteiger partial charge in [0, 0.05) is 17.7 Å². The summed E-state index contributed by atoms with van der Waals surface area (Å²) in [5.74, 6) is 1.96. The number of carbonyl (C=O) groups is 1. The van der Waals surface area contributed by atoms with E-state index < -0.39 is 0 Å². The highest BCUT2D eigenvalue weighted by Crippen LogP contribution is 2.53. The van der Waals surface area contributed by atoms with E-state index in [1.54, 1.807) is 7.11 Å². The Kier molecular flexibility index (Phi) is 6.93. The van der Waals surface area contributed by atoms with Gasteiger partial charge in [0.1, 0.15) is 17.1 Å². The summed E-state index contributed by atoms with van der Waals surface area (Å²) in [4.78, 5) is 13.0. The number of rotatable bonds is 7. The lowest BCUT2D eigenvalue weighted by Crippen LogP contribution is -2.31. The van der Waals surface area contributed by atoms with Gasteiger partial charge in [0.2, 0.25) is 5.91 Å². The first kappa shape index (κ1) is 24.8. The molecule has 0 bridgehead atoms. The SMILES string of the molecule is COc1ccc(CCCC(=O)Nc2c(C)c(C)c3c(c2C)C(c2ccc(C)cc2)C(C)(C)O3)cc1. The number of nitrogens with one attached hydrogen (secondary N) is 1. The fourth-order valence-electron chi connectivity index (χ4n) is 5.26. The van der Waals surface area contributed by atoms with Crippen molar-refractivity contribution >= 4 is 11.6 Å². The van der Waals surface area contributed by atoms with Gasteiger partial charge in [0.15, 0.2) is 0 Å². The lowest BCUT2D eigenvalue weighted by molar-refractivity contribution is -0.116. The van der Waals surface area contributed by atoms with Crippen LogP contribution in [0.3, 0.4) is 0 Å². The zero-order valence-corrected chi connectivity index (χ0v) is 22.0. The highest BCUT2D eigenvalue weighted by molar-refractivity contribution is 5.93. The van der Waals surface area contributed by atoms with Gasteiger partial charge in [-0.25, -0.2) is 0 Å². The third-order valence-electron chi connectivity index (χ3n) is 7.35. The summed E-state index contributed by atoms with van der Waals surface area (Å²) in [7, 11) is 1.67. The molecule has 1 atom stereocenters. The molecule has 4 heteroatoms. The van der Waals surface area contributed by atoms with Gasteiger partial charge in [-0.2, -0.15) is 0 Å². The molecule has 0 saturated heterocycles. The molecule has 3 aromatic rings. The normalized spacial score (nSPS) is 15.9. The number of anilines is 1. The largest absolute Gasteiger partial charge is 0.497 e. The third-order valence-corrected chi connectivity index (χ3v) is 7.35. The van der Waals surface area contributed by atoms with Gasteiger partial charge in [0.25, 0.3) is 0 Å². The zero-order chi connectivity index (χ0) is 25.3. The van der Waals surface area contributed by atoms with E-state index >= 15 is 0 Å². The Bertz CT molecular complexity index is 1220. The number of amides is 1. The van der Waals surface area contributed by atoms with Gasteiger partial charge >= 0.3 is 0 Å². The van der Waals surface area contributed by atoms with E-state index in [1.807, 2.05) is 12.1 Å². The minimum atomic E-state index is -0.374. The molecule has 3 aromatic carbocycles. The Hall–Kier alpha value is -3.27. The van der Waals surface area contributed by atoms with Gasteiger partial charge in [-0.05, 0) is 94.3 Å². The van der Waals surface area contributed by atoms with Crippen LogP contribution in [0.5, 0.6) is 11.5 Å². The van der Waals surface area contributed by atoms with Crippen molar-refractivity contribution in [3.05, 3.63) is 87.5 Å². The molecule has 0 spiro atoms. The van der Waals surface area contributed by atoms with Crippen LogP contribution in [0.25, 0.3) is 0 Å². The lowest BCUT2D eigenvalue weighted by atomic mass is 9.78. The average molecular weight is 472 g/mol. The lowest BCUT2D eigenvalue weighted by Gasteiger charge is -2.27. The number of hydrogen-bond donors (Lipinski definition) is 1. The fraction of sp³-hybridized carbons (Fsp3) is 0.387. The number of methoxy groups -OCH3 is 1. The predicted octanol–water partition coefficient (Wildman–Crippen LogP) is 7.19. The summed E-state index contributed by atoms with van der Waals surface area (Å²) >= 11 is 0. The predicted molar refractivity (Wildman–Crippen MR) is 143 cm³/mol. The summed E-state index contributed by atoms with van der Waals surface area (Å²) in [6.07, 6.45) is 2.13. The van der Waals surface area contributed by atoms with Gasteiger partial charge in [-0.1, -0.05) is 42.0 Å². The topological polar surface area (TPSA) is 47.6 Å². The van der Waals surface area contributed by atoms with Gasteiger partial charge in [-0.3, -0.25) is 4.79 Å². The van der Waals surface area contributed by atoms with Crippen molar-refractivity contribution in [2.24, 2.45) is 0 Å². The molecule has 0 saturated carbocycles. The Morgan fingerprint density at radius 3 is 2.23 bits per heavy atom. The summed E-state index contributed by atoms with van der Waals surface area (Å²) in [6, 6.07) is 16.8. The van der Waals surface area contributed by atoms with E-state index in [9.17, 15) is 4.79 Å². The second-order valence-electron chi connectivity index (χ2n) is 10.3. The van der Waals surface area contributed by atoms with Crippen molar-refractivity contribution in [1.82, 2.24) is 0 Å². The van der Waals surface area contributed by atoms with Crippen molar-refractivity contribution in [2.75, 3.05) is 12.4 Å². The van der Waals surface area contributed by atoms with Crippen LogP contribution in [0.2, 0.25) is 0 Å². The molecule has 1 N–H and O–H groups in total. The molecule has 1 aliphatic rings. The Morgan fingerprint density at radius 2 is 1.60 bits per heavy atom. The van der Waals surface area contributed by atoms with Gasteiger partial charge < -0.3 is 14.8 Å². The van der Waals surface area contributed by atoms with Crippen LogP contribution in [-0.4, -0.2) is 18.6 Å². The molecule has 1 heterocycles. The highest BCUT2D eigenvalue weighted by Gasteiger charge is 2.44. The molecular weight excluding hydrogens is 434 g/mol. The number of fused-ring (bicyclic) bond motifs is 1. The van der Waals surface area contributed by atoms with E-state index in [1.165, 1.54) is 22.3 Å². The summed E-state index contributed by atoms with van der Waals surface area (Å²) in [6.45, 7) is 12.7. The quantitative estimate of drug-likeness (QED) is 0.397. The molecule has 4 nitrogen and oxygen atoms in total. The van der Waals surface area contributed by atoms with Crippen LogP contribution in [0.4, 0.5) is 5.69 Å². The van der Waals surface area contributed by atoms with E-state index in [0.29, 0.717) is 6.42 Å². The van der Waals surface area contributed by atoms with Crippen LogP contribution in [0.1, 0.15) is 71.6 Å². The third kappa shape index (κ3) is 4.93. The van der Waals surface area contributed by atoms with E-state index in [0.717, 1.165) is 46.7 Å². The molecular formula is C31H37NO3. The smallest absolute Gasteiger partial charge is 0.224 e. The molecule has 0 aliphatic carbocycles. The average Bonchev–Trinajstić information content (AvgIpc) is 3.12. The minimum absolute atomic E-state index is 0.0501. The number of hydrogen-bond acceptors (Lipinski definition) is 3. The minimum Gasteiger partial charge on any atom is -0.497 e. The van der Waals surface area contributed by atoms with Crippen LogP contribution in [0.15, 0.2) is 48.5 Å². The highest BCUT2D eigenvalue weighted by atomic mass is 16.5. The Morgan fingerprint density at radius 1 is 0.943 bits per heavy atom. The van der Waals surface area contributed by atoms with Crippen LogP contribution >= 0.6 is 0 Å². The molecule has 184 valence electrons. The second-order valence-corrected chi connectivity index (χ2v) is 10.3.